The zero-order chi connectivity index (χ0) is 15.2. The fourth-order valence-electron chi connectivity index (χ4n) is 1.84. The molecule has 0 bridgehead atoms. The Labute approximate surface area is 120 Å². The average Bonchev–Trinajstić information content (AvgIpc) is 2.47. The van der Waals surface area contributed by atoms with Gasteiger partial charge in [0.15, 0.2) is 0 Å². The summed E-state index contributed by atoms with van der Waals surface area (Å²) in [6.45, 7) is 1.62. The highest BCUT2D eigenvalue weighted by molar-refractivity contribution is 5.92. The molecule has 110 valence electrons. The molecule has 2 aromatic rings. The predicted molar refractivity (Wildman–Crippen MR) is 74.9 cm³/mol. The third-order valence-corrected chi connectivity index (χ3v) is 2.79. The van der Waals surface area contributed by atoms with Gasteiger partial charge in [0, 0.05) is 18.7 Å². The summed E-state index contributed by atoms with van der Waals surface area (Å²) in [6.07, 6.45) is 2.53. The van der Waals surface area contributed by atoms with Gasteiger partial charge in [-0.2, -0.15) is 0 Å². The number of nitro benzene ring substituents is 1. The number of hydrogen-bond acceptors (Lipinski definition) is 6. The summed E-state index contributed by atoms with van der Waals surface area (Å²) in [6, 6.07) is 5.99. The van der Waals surface area contributed by atoms with Crippen molar-refractivity contribution in [3.8, 4) is 5.75 Å². The smallest absolute Gasteiger partial charge is 0.308 e. The van der Waals surface area contributed by atoms with Crippen molar-refractivity contribution in [1.29, 1.82) is 0 Å². The second kappa shape index (κ2) is 6.65. The Balaban J connectivity index is 2.20. The van der Waals surface area contributed by atoms with Gasteiger partial charge in [-0.25, -0.2) is 0 Å². The van der Waals surface area contributed by atoms with E-state index in [1.165, 1.54) is 18.3 Å². The molecule has 0 saturated heterocycles. The molecule has 21 heavy (non-hydrogen) atoms. The molecule has 0 unspecified atom stereocenters. The molecule has 0 fully saturated rings. The minimum absolute atomic E-state index is 0.0478. The van der Waals surface area contributed by atoms with Crippen LogP contribution < -0.4 is 4.74 Å². The zero-order valence-electron chi connectivity index (χ0n) is 11.4. The Morgan fingerprint density at radius 1 is 1.38 bits per heavy atom. The predicted octanol–water partition coefficient (Wildman–Crippen LogP) is 2.82. The van der Waals surface area contributed by atoms with E-state index in [0.717, 1.165) is 0 Å². The van der Waals surface area contributed by atoms with E-state index in [1.807, 2.05) is 6.92 Å². The number of fused-ring (bicyclic) bond motifs is 1. The lowest BCUT2D eigenvalue weighted by molar-refractivity contribution is -0.383. The van der Waals surface area contributed by atoms with Gasteiger partial charge in [-0.05, 0) is 24.6 Å². The number of nitro groups is 1. The third-order valence-electron chi connectivity index (χ3n) is 2.79. The molecule has 0 aliphatic rings. The van der Waals surface area contributed by atoms with Crippen molar-refractivity contribution >= 4 is 22.6 Å². The first kappa shape index (κ1) is 14.7. The molecule has 0 aliphatic carbocycles. The summed E-state index contributed by atoms with van der Waals surface area (Å²) in [5, 5.41) is 11.3. The summed E-state index contributed by atoms with van der Waals surface area (Å²) in [4.78, 5) is 25.8. The fraction of sp³-hybridized carbons (Fsp3) is 0.286. The number of aromatic nitrogens is 1. The highest BCUT2D eigenvalue weighted by atomic mass is 16.7. The maximum atomic E-state index is 11.2. The van der Waals surface area contributed by atoms with E-state index in [0.29, 0.717) is 29.5 Å². The third kappa shape index (κ3) is 3.44. The second-order valence-electron chi connectivity index (χ2n) is 4.27. The lowest BCUT2D eigenvalue weighted by Crippen LogP contribution is -2.10. The van der Waals surface area contributed by atoms with Gasteiger partial charge in [0.2, 0.25) is 6.79 Å². The van der Waals surface area contributed by atoms with E-state index >= 15 is 0 Å². The molecule has 0 spiro atoms. The Bertz CT molecular complexity index is 671. The number of esters is 1. The number of ether oxygens (including phenoxy) is 2. The summed E-state index contributed by atoms with van der Waals surface area (Å²) in [5.74, 6) is -0.0165. The van der Waals surface area contributed by atoms with Crippen LogP contribution in [-0.2, 0) is 9.53 Å². The molecule has 0 aliphatic heterocycles. The van der Waals surface area contributed by atoms with Gasteiger partial charge in [-0.3, -0.25) is 19.9 Å². The zero-order valence-corrected chi connectivity index (χ0v) is 11.4. The molecule has 0 amide bonds. The van der Waals surface area contributed by atoms with Gasteiger partial charge >= 0.3 is 5.97 Å². The van der Waals surface area contributed by atoms with E-state index in [4.69, 9.17) is 9.47 Å². The first-order valence-electron chi connectivity index (χ1n) is 6.44. The Morgan fingerprint density at radius 3 is 2.90 bits per heavy atom. The highest BCUT2D eigenvalue weighted by Crippen LogP contribution is 2.31. The van der Waals surface area contributed by atoms with Gasteiger partial charge in [0.25, 0.3) is 5.69 Å². The molecule has 0 saturated carbocycles. The quantitative estimate of drug-likeness (QED) is 0.351. The van der Waals surface area contributed by atoms with E-state index in [1.54, 1.807) is 12.1 Å². The van der Waals surface area contributed by atoms with Crippen molar-refractivity contribution < 1.29 is 19.2 Å². The second-order valence-corrected chi connectivity index (χ2v) is 4.27. The number of pyridine rings is 1. The first-order valence-corrected chi connectivity index (χ1v) is 6.44. The van der Waals surface area contributed by atoms with E-state index < -0.39 is 4.92 Å². The summed E-state index contributed by atoms with van der Waals surface area (Å²) < 4.78 is 10.2. The van der Waals surface area contributed by atoms with Crippen molar-refractivity contribution in [1.82, 2.24) is 4.98 Å². The van der Waals surface area contributed by atoms with Crippen LogP contribution in [0.1, 0.15) is 19.8 Å². The van der Waals surface area contributed by atoms with Crippen molar-refractivity contribution in [2.24, 2.45) is 0 Å². The molecule has 7 heteroatoms. The SMILES string of the molecule is CCCC(=O)OCOc1ccc([N+](=O)[O-])c2cccnc12. The maximum Gasteiger partial charge on any atom is 0.308 e. The monoisotopic (exact) mass is 290 g/mol. The van der Waals surface area contributed by atoms with Crippen LogP contribution in [0.2, 0.25) is 0 Å². The minimum Gasteiger partial charge on any atom is -0.455 e. The molecule has 0 radical (unpaired) electrons. The van der Waals surface area contributed by atoms with Crippen LogP contribution in [0.4, 0.5) is 5.69 Å². The topological polar surface area (TPSA) is 91.6 Å². The molecular weight excluding hydrogens is 276 g/mol. The van der Waals surface area contributed by atoms with Crippen LogP contribution in [0.5, 0.6) is 5.75 Å². The van der Waals surface area contributed by atoms with Crippen molar-refractivity contribution in [3.63, 3.8) is 0 Å². The number of carbonyl (C=O) groups is 1. The Morgan fingerprint density at radius 2 is 2.19 bits per heavy atom. The number of rotatable bonds is 6. The lowest BCUT2D eigenvalue weighted by atomic mass is 10.1. The molecule has 1 aromatic carbocycles. The Kier molecular flexibility index (Phi) is 4.65. The summed E-state index contributed by atoms with van der Waals surface area (Å²) in [5.41, 5.74) is 0.312. The largest absolute Gasteiger partial charge is 0.455 e. The molecule has 1 aromatic heterocycles. The van der Waals surface area contributed by atoms with Crippen LogP contribution in [0.15, 0.2) is 30.5 Å². The minimum atomic E-state index is -0.477. The number of non-ortho nitro benzene ring substituents is 1. The van der Waals surface area contributed by atoms with Gasteiger partial charge in [-0.1, -0.05) is 6.92 Å². The maximum absolute atomic E-state index is 11.2. The fourth-order valence-corrected chi connectivity index (χ4v) is 1.84. The van der Waals surface area contributed by atoms with Crippen LogP contribution in [0, 0.1) is 10.1 Å². The van der Waals surface area contributed by atoms with Crippen LogP contribution in [0.25, 0.3) is 10.9 Å². The van der Waals surface area contributed by atoms with E-state index in [2.05, 4.69) is 4.98 Å². The van der Waals surface area contributed by atoms with Crippen molar-refractivity contribution in [2.45, 2.75) is 19.8 Å². The number of carbonyl (C=O) groups excluding carboxylic acids is 1. The number of hydrogen-bond donors (Lipinski definition) is 0. The highest BCUT2D eigenvalue weighted by Gasteiger charge is 2.15. The van der Waals surface area contributed by atoms with Gasteiger partial charge in [0.1, 0.15) is 11.3 Å². The van der Waals surface area contributed by atoms with Crippen LogP contribution in [-0.4, -0.2) is 22.7 Å². The molecule has 0 atom stereocenters. The molecular formula is C14H14N2O5. The molecule has 0 N–H and O–H groups in total. The van der Waals surface area contributed by atoms with Gasteiger partial charge < -0.3 is 9.47 Å². The first-order chi connectivity index (χ1) is 10.1. The van der Waals surface area contributed by atoms with Crippen molar-refractivity contribution in [2.75, 3.05) is 6.79 Å². The number of nitrogens with zero attached hydrogens (tertiary/aromatic N) is 2. The molecule has 1 heterocycles. The van der Waals surface area contributed by atoms with Crippen molar-refractivity contribution in [3.05, 3.63) is 40.6 Å². The van der Waals surface area contributed by atoms with Crippen LogP contribution in [0.3, 0.4) is 0 Å². The van der Waals surface area contributed by atoms with Gasteiger partial charge in [-0.15, -0.1) is 0 Å². The van der Waals surface area contributed by atoms with Crippen LogP contribution >= 0.6 is 0 Å². The van der Waals surface area contributed by atoms with Gasteiger partial charge in [0.05, 0.1) is 10.3 Å². The summed E-state index contributed by atoms with van der Waals surface area (Å²) in [7, 11) is 0. The average molecular weight is 290 g/mol. The standard InChI is InChI=1S/C14H14N2O5/c1-2-4-13(17)21-9-20-12-7-6-11(16(18)19)10-5-3-8-15-14(10)12/h3,5-8H,2,4,9H2,1H3. The molecule has 7 nitrogen and oxygen atoms in total. The van der Waals surface area contributed by atoms with E-state index in [-0.39, 0.29) is 18.4 Å². The lowest BCUT2D eigenvalue weighted by Gasteiger charge is -2.09. The van der Waals surface area contributed by atoms with E-state index in [9.17, 15) is 14.9 Å². The molecule has 2 rings (SSSR count). The normalized spacial score (nSPS) is 10.3. The Hall–Kier alpha value is -2.70. The number of benzene rings is 1. The summed E-state index contributed by atoms with van der Waals surface area (Å²) >= 11 is 0.